The van der Waals surface area contributed by atoms with Crippen LogP contribution in [-0.2, 0) is 13.1 Å². The van der Waals surface area contributed by atoms with Crippen molar-refractivity contribution in [1.82, 2.24) is 15.2 Å². The van der Waals surface area contributed by atoms with Crippen LogP contribution in [0.15, 0.2) is 42.6 Å². The quantitative estimate of drug-likeness (QED) is 0.916. The van der Waals surface area contributed by atoms with Crippen LogP contribution in [0, 0.1) is 6.92 Å². The molecule has 0 aliphatic rings. The maximum atomic E-state index is 12.1. The highest BCUT2D eigenvalue weighted by molar-refractivity contribution is 5.93. The fourth-order valence-corrected chi connectivity index (χ4v) is 2.10. The first kappa shape index (κ1) is 15.2. The summed E-state index contributed by atoms with van der Waals surface area (Å²) in [6.07, 6.45) is 1.61. The number of nitrogens with zero attached hydrogens (tertiary/aromatic N) is 2. The van der Waals surface area contributed by atoms with E-state index < -0.39 is 0 Å². The van der Waals surface area contributed by atoms with Gasteiger partial charge in [0, 0.05) is 25.0 Å². The predicted octanol–water partition coefficient (Wildman–Crippen LogP) is 2.38. The molecule has 2 aromatic rings. The number of pyridine rings is 1. The highest BCUT2D eigenvalue weighted by Gasteiger charge is 2.07. The molecule has 1 aromatic carbocycles. The zero-order chi connectivity index (χ0) is 15.2. The Labute approximate surface area is 125 Å². The lowest BCUT2D eigenvalue weighted by Gasteiger charge is -2.14. The SMILES string of the molecule is Cc1ccc(C(=O)NCc2ccccc2CN(C)C)cn1. The number of benzene rings is 1. The molecule has 21 heavy (non-hydrogen) atoms. The van der Waals surface area contributed by atoms with E-state index in [0.29, 0.717) is 12.1 Å². The van der Waals surface area contributed by atoms with Gasteiger partial charge in [0.15, 0.2) is 0 Å². The van der Waals surface area contributed by atoms with E-state index in [4.69, 9.17) is 0 Å². The Morgan fingerprint density at radius 2 is 1.86 bits per heavy atom. The van der Waals surface area contributed by atoms with Crippen LogP contribution < -0.4 is 5.32 Å². The van der Waals surface area contributed by atoms with Crippen LogP contribution in [0.4, 0.5) is 0 Å². The molecule has 0 bridgehead atoms. The molecule has 0 aliphatic heterocycles. The van der Waals surface area contributed by atoms with E-state index in [0.717, 1.165) is 17.8 Å². The summed E-state index contributed by atoms with van der Waals surface area (Å²) < 4.78 is 0. The summed E-state index contributed by atoms with van der Waals surface area (Å²) in [7, 11) is 4.07. The highest BCUT2D eigenvalue weighted by Crippen LogP contribution is 2.10. The van der Waals surface area contributed by atoms with Crippen LogP contribution in [-0.4, -0.2) is 29.9 Å². The van der Waals surface area contributed by atoms with Crippen molar-refractivity contribution in [2.45, 2.75) is 20.0 Å². The molecule has 4 heteroatoms. The molecule has 110 valence electrons. The minimum atomic E-state index is -0.0952. The van der Waals surface area contributed by atoms with Gasteiger partial charge in [0.05, 0.1) is 5.56 Å². The van der Waals surface area contributed by atoms with E-state index in [2.05, 4.69) is 21.3 Å². The summed E-state index contributed by atoms with van der Waals surface area (Å²) in [6, 6.07) is 11.8. The zero-order valence-corrected chi connectivity index (χ0v) is 12.8. The van der Waals surface area contributed by atoms with Gasteiger partial charge in [-0.2, -0.15) is 0 Å². The molecular formula is C17H21N3O. The van der Waals surface area contributed by atoms with E-state index in [1.165, 1.54) is 5.56 Å². The smallest absolute Gasteiger partial charge is 0.253 e. The molecule has 1 heterocycles. The van der Waals surface area contributed by atoms with Gasteiger partial charge in [0.1, 0.15) is 0 Å². The van der Waals surface area contributed by atoms with Crippen molar-refractivity contribution in [2.75, 3.05) is 14.1 Å². The Morgan fingerprint density at radius 3 is 2.48 bits per heavy atom. The summed E-state index contributed by atoms with van der Waals surface area (Å²) in [6.45, 7) is 3.29. The van der Waals surface area contributed by atoms with Crippen LogP contribution >= 0.6 is 0 Å². The summed E-state index contributed by atoms with van der Waals surface area (Å²) in [5, 5.41) is 2.95. The minimum absolute atomic E-state index is 0.0952. The number of rotatable bonds is 5. The normalized spacial score (nSPS) is 10.7. The van der Waals surface area contributed by atoms with E-state index in [-0.39, 0.29) is 5.91 Å². The third-order valence-electron chi connectivity index (χ3n) is 3.22. The number of aryl methyl sites for hydroxylation is 1. The molecule has 0 atom stereocenters. The van der Waals surface area contributed by atoms with Gasteiger partial charge in [-0.25, -0.2) is 0 Å². The average molecular weight is 283 g/mol. The maximum Gasteiger partial charge on any atom is 0.253 e. The van der Waals surface area contributed by atoms with Crippen LogP contribution in [0.1, 0.15) is 27.2 Å². The van der Waals surface area contributed by atoms with Crippen LogP contribution in [0.5, 0.6) is 0 Å². The number of hydrogen-bond acceptors (Lipinski definition) is 3. The fourth-order valence-electron chi connectivity index (χ4n) is 2.10. The van der Waals surface area contributed by atoms with Gasteiger partial charge in [-0.3, -0.25) is 9.78 Å². The Balaban J connectivity index is 2.02. The van der Waals surface area contributed by atoms with Crippen LogP contribution in [0.25, 0.3) is 0 Å². The van der Waals surface area contributed by atoms with Gasteiger partial charge in [-0.1, -0.05) is 24.3 Å². The molecule has 4 nitrogen and oxygen atoms in total. The van der Waals surface area contributed by atoms with Crippen LogP contribution in [0.2, 0.25) is 0 Å². The van der Waals surface area contributed by atoms with Gasteiger partial charge >= 0.3 is 0 Å². The first-order valence-corrected chi connectivity index (χ1v) is 6.98. The molecule has 0 saturated heterocycles. The highest BCUT2D eigenvalue weighted by atomic mass is 16.1. The lowest BCUT2D eigenvalue weighted by atomic mass is 10.1. The molecule has 0 unspecified atom stereocenters. The number of carbonyl (C=O) groups excluding carboxylic acids is 1. The standard InChI is InChI=1S/C17H21N3O/c1-13-8-9-15(11-18-13)17(21)19-10-14-6-4-5-7-16(14)12-20(2)3/h4-9,11H,10,12H2,1-3H3,(H,19,21). The van der Waals surface area contributed by atoms with Crippen molar-refractivity contribution >= 4 is 5.91 Å². The van der Waals surface area contributed by atoms with Crippen molar-refractivity contribution in [1.29, 1.82) is 0 Å². The average Bonchev–Trinajstić information content (AvgIpc) is 2.46. The molecular weight excluding hydrogens is 262 g/mol. The van der Waals surface area contributed by atoms with Crippen LogP contribution in [0.3, 0.4) is 0 Å². The third-order valence-corrected chi connectivity index (χ3v) is 3.22. The Bertz CT molecular complexity index is 606. The zero-order valence-electron chi connectivity index (χ0n) is 12.8. The first-order valence-electron chi connectivity index (χ1n) is 6.98. The van der Waals surface area contributed by atoms with E-state index in [9.17, 15) is 4.79 Å². The number of amides is 1. The number of nitrogens with one attached hydrogen (secondary N) is 1. The Kier molecular flexibility index (Phi) is 5.06. The second-order valence-electron chi connectivity index (χ2n) is 5.38. The third kappa shape index (κ3) is 4.39. The number of aromatic nitrogens is 1. The molecule has 0 radical (unpaired) electrons. The van der Waals surface area contributed by atoms with Gasteiger partial charge in [-0.05, 0) is 44.3 Å². The molecule has 2 rings (SSSR count). The van der Waals surface area contributed by atoms with Gasteiger partial charge in [0.25, 0.3) is 5.91 Å². The fraction of sp³-hybridized carbons (Fsp3) is 0.294. The molecule has 0 fully saturated rings. The molecule has 1 N–H and O–H groups in total. The van der Waals surface area contributed by atoms with Crippen molar-refractivity contribution < 1.29 is 4.79 Å². The number of hydrogen-bond donors (Lipinski definition) is 1. The summed E-state index contributed by atoms with van der Waals surface area (Å²) in [4.78, 5) is 18.4. The summed E-state index contributed by atoms with van der Waals surface area (Å²) in [5.41, 5.74) is 3.86. The molecule has 0 spiro atoms. The van der Waals surface area contributed by atoms with Crippen molar-refractivity contribution in [2.24, 2.45) is 0 Å². The monoisotopic (exact) mass is 283 g/mol. The maximum absolute atomic E-state index is 12.1. The Morgan fingerprint density at radius 1 is 1.14 bits per heavy atom. The summed E-state index contributed by atoms with van der Waals surface area (Å²) >= 11 is 0. The topological polar surface area (TPSA) is 45.2 Å². The van der Waals surface area contributed by atoms with Crippen molar-refractivity contribution in [3.8, 4) is 0 Å². The van der Waals surface area contributed by atoms with E-state index in [1.807, 2.05) is 45.3 Å². The molecule has 0 saturated carbocycles. The van der Waals surface area contributed by atoms with Gasteiger partial charge < -0.3 is 10.2 Å². The predicted molar refractivity (Wildman–Crippen MR) is 84.0 cm³/mol. The lowest BCUT2D eigenvalue weighted by molar-refractivity contribution is 0.0950. The minimum Gasteiger partial charge on any atom is -0.348 e. The first-order chi connectivity index (χ1) is 10.1. The Hall–Kier alpha value is -2.20. The van der Waals surface area contributed by atoms with Crippen molar-refractivity contribution in [3.05, 3.63) is 65.0 Å². The van der Waals surface area contributed by atoms with E-state index in [1.54, 1.807) is 12.3 Å². The summed E-state index contributed by atoms with van der Waals surface area (Å²) in [5.74, 6) is -0.0952. The molecule has 0 aliphatic carbocycles. The van der Waals surface area contributed by atoms with Gasteiger partial charge in [0.2, 0.25) is 0 Å². The largest absolute Gasteiger partial charge is 0.348 e. The number of carbonyl (C=O) groups is 1. The lowest BCUT2D eigenvalue weighted by Crippen LogP contribution is -2.24. The van der Waals surface area contributed by atoms with Crippen molar-refractivity contribution in [3.63, 3.8) is 0 Å². The second-order valence-corrected chi connectivity index (χ2v) is 5.38. The van der Waals surface area contributed by atoms with Gasteiger partial charge in [-0.15, -0.1) is 0 Å². The second kappa shape index (κ2) is 6.99. The molecule has 1 amide bonds. The molecule has 1 aromatic heterocycles. The van der Waals surface area contributed by atoms with E-state index >= 15 is 0 Å².